The van der Waals surface area contributed by atoms with E-state index in [2.05, 4.69) is 25.7 Å². The summed E-state index contributed by atoms with van der Waals surface area (Å²) in [7, 11) is 0. The van der Waals surface area contributed by atoms with Crippen molar-refractivity contribution in [1.29, 1.82) is 0 Å². The highest BCUT2D eigenvalue weighted by Crippen LogP contribution is 2.21. The lowest BCUT2D eigenvalue weighted by molar-refractivity contribution is 0.108. The second-order valence-corrected chi connectivity index (χ2v) is 5.23. The lowest BCUT2D eigenvalue weighted by Crippen LogP contribution is -2.41. The van der Waals surface area contributed by atoms with Crippen LogP contribution in [0.1, 0.15) is 52.9 Å². The second-order valence-electron chi connectivity index (χ2n) is 5.23. The van der Waals surface area contributed by atoms with Gasteiger partial charge in [-0.3, -0.25) is 0 Å². The van der Waals surface area contributed by atoms with Gasteiger partial charge in [-0.15, -0.1) is 0 Å². The largest absolute Gasteiger partial charge is 0.393 e. The van der Waals surface area contributed by atoms with E-state index in [-0.39, 0.29) is 6.10 Å². The molecular weight excluding hydrogens is 186 g/mol. The topological polar surface area (TPSA) is 23.5 Å². The standard InChI is InChI=1S/C13H27NO/c1-4-13(15)6-5-9-14-10-11(2)7-8-12(14)3/h11-13,15H,4-10H2,1-3H3. The van der Waals surface area contributed by atoms with Gasteiger partial charge < -0.3 is 10.0 Å². The van der Waals surface area contributed by atoms with E-state index in [1.807, 2.05) is 0 Å². The molecule has 1 N–H and O–H groups in total. The number of nitrogens with zero attached hydrogens (tertiary/aromatic N) is 1. The molecule has 0 spiro atoms. The Morgan fingerprint density at radius 2 is 2.07 bits per heavy atom. The number of rotatable bonds is 5. The van der Waals surface area contributed by atoms with Gasteiger partial charge in [0, 0.05) is 12.6 Å². The van der Waals surface area contributed by atoms with Crippen LogP contribution in [0.25, 0.3) is 0 Å². The Balaban J connectivity index is 2.18. The number of aliphatic hydroxyl groups excluding tert-OH is 1. The van der Waals surface area contributed by atoms with Crippen LogP contribution in [-0.4, -0.2) is 35.2 Å². The average molecular weight is 213 g/mol. The summed E-state index contributed by atoms with van der Waals surface area (Å²) in [6.07, 6.45) is 5.65. The van der Waals surface area contributed by atoms with Crippen LogP contribution in [0.5, 0.6) is 0 Å². The van der Waals surface area contributed by atoms with Crippen molar-refractivity contribution in [3.8, 4) is 0 Å². The molecule has 3 unspecified atom stereocenters. The lowest BCUT2D eigenvalue weighted by atomic mass is 9.95. The van der Waals surface area contributed by atoms with E-state index in [0.717, 1.165) is 31.2 Å². The highest BCUT2D eigenvalue weighted by Gasteiger charge is 2.22. The third-order valence-electron chi connectivity index (χ3n) is 3.70. The molecule has 1 heterocycles. The lowest BCUT2D eigenvalue weighted by Gasteiger charge is -2.36. The van der Waals surface area contributed by atoms with Crippen LogP contribution < -0.4 is 0 Å². The van der Waals surface area contributed by atoms with Crippen LogP contribution >= 0.6 is 0 Å². The molecular formula is C13H27NO. The zero-order chi connectivity index (χ0) is 11.3. The minimum absolute atomic E-state index is 0.0810. The Labute approximate surface area is 94.7 Å². The summed E-state index contributed by atoms with van der Waals surface area (Å²) in [5, 5.41) is 9.49. The summed E-state index contributed by atoms with van der Waals surface area (Å²) in [6, 6.07) is 0.750. The highest BCUT2D eigenvalue weighted by molar-refractivity contribution is 4.76. The molecule has 1 aliphatic heterocycles. The third kappa shape index (κ3) is 4.52. The monoisotopic (exact) mass is 213 g/mol. The van der Waals surface area contributed by atoms with E-state index in [0.29, 0.717) is 0 Å². The molecule has 0 aromatic carbocycles. The highest BCUT2D eigenvalue weighted by atomic mass is 16.3. The van der Waals surface area contributed by atoms with E-state index in [9.17, 15) is 5.11 Å². The molecule has 0 bridgehead atoms. The zero-order valence-corrected chi connectivity index (χ0v) is 10.6. The van der Waals surface area contributed by atoms with Gasteiger partial charge in [0.2, 0.25) is 0 Å². The van der Waals surface area contributed by atoms with Gasteiger partial charge in [-0.2, -0.15) is 0 Å². The van der Waals surface area contributed by atoms with E-state index >= 15 is 0 Å². The van der Waals surface area contributed by atoms with E-state index in [1.54, 1.807) is 0 Å². The van der Waals surface area contributed by atoms with Crippen molar-refractivity contribution in [1.82, 2.24) is 4.90 Å². The molecule has 0 aromatic heterocycles. The van der Waals surface area contributed by atoms with Gasteiger partial charge in [0.05, 0.1) is 6.10 Å². The van der Waals surface area contributed by atoms with Crippen LogP contribution in [0, 0.1) is 5.92 Å². The van der Waals surface area contributed by atoms with Crippen molar-refractivity contribution in [2.24, 2.45) is 5.92 Å². The summed E-state index contributed by atoms with van der Waals surface area (Å²) in [5.74, 6) is 0.859. The molecule has 0 radical (unpaired) electrons. The summed E-state index contributed by atoms with van der Waals surface area (Å²) in [5.41, 5.74) is 0. The first-order valence-corrected chi connectivity index (χ1v) is 6.55. The minimum atomic E-state index is -0.0810. The number of hydrogen-bond acceptors (Lipinski definition) is 2. The predicted octanol–water partition coefficient (Wildman–Crippen LogP) is 2.66. The van der Waals surface area contributed by atoms with Gasteiger partial charge in [0.25, 0.3) is 0 Å². The van der Waals surface area contributed by atoms with Crippen LogP contribution in [0.2, 0.25) is 0 Å². The van der Waals surface area contributed by atoms with Crippen LogP contribution in [0.4, 0.5) is 0 Å². The molecule has 1 saturated heterocycles. The van der Waals surface area contributed by atoms with Crippen molar-refractivity contribution >= 4 is 0 Å². The SMILES string of the molecule is CCC(O)CCCN1CC(C)CCC1C. The molecule has 3 atom stereocenters. The van der Waals surface area contributed by atoms with Crippen molar-refractivity contribution in [3.05, 3.63) is 0 Å². The molecule has 2 heteroatoms. The Kier molecular flexibility index (Phi) is 5.62. The first-order valence-electron chi connectivity index (χ1n) is 6.55. The maximum Gasteiger partial charge on any atom is 0.0538 e. The minimum Gasteiger partial charge on any atom is -0.393 e. The fourth-order valence-corrected chi connectivity index (χ4v) is 2.43. The second kappa shape index (κ2) is 6.49. The molecule has 0 saturated carbocycles. The van der Waals surface area contributed by atoms with Gasteiger partial charge in [-0.25, -0.2) is 0 Å². The van der Waals surface area contributed by atoms with Crippen molar-refractivity contribution in [2.45, 2.75) is 65.0 Å². The molecule has 0 aromatic rings. The molecule has 2 nitrogen and oxygen atoms in total. The van der Waals surface area contributed by atoms with Gasteiger partial charge in [-0.05, 0) is 51.5 Å². The average Bonchev–Trinajstić information content (AvgIpc) is 2.23. The number of likely N-dealkylation sites (tertiary alicyclic amines) is 1. The van der Waals surface area contributed by atoms with Gasteiger partial charge in [-0.1, -0.05) is 13.8 Å². The molecule has 0 amide bonds. The van der Waals surface area contributed by atoms with E-state index in [1.165, 1.54) is 25.9 Å². The normalized spacial score (nSPS) is 30.4. The van der Waals surface area contributed by atoms with Gasteiger partial charge in [0.15, 0.2) is 0 Å². The first kappa shape index (κ1) is 13.0. The fraction of sp³-hybridized carbons (Fsp3) is 1.00. The summed E-state index contributed by atoms with van der Waals surface area (Å²) in [6.45, 7) is 9.16. The first-order chi connectivity index (χ1) is 7.13. The van der Waals surface area contributed by atoms with Crippen LogP contribution in [0.15, 0.2) is 0 Å². The van der Waals surface area contributed by atoms with Crippen molar-refractivity contribution < 1.29 is 5.11 Å². The number of aliphatic hydroxyl groups is 1. The molecule has 1 rings (SSSR count). The smallest absolute Gasteiger partial charge is 0.0538 e. The summed E-state index contributed by atoms with van der Waals surface area (Å²) >= 11 is 0. The molecule has 15 heavy (non-hydrogen) atoms. The zero-order valence-electron chi connectivity index (χ0n) is 10.6. The number of piperidine rings is 1. The predicted molar refractivity (Wildman–Crippen MR) is 65.0 cm³/mol. The van der Waals surface area contributed by atoms with Crippen molar-refractivity contribution in [2.75, 3.05) is 13.1 Å². The quantitative estimate of drug-likeness (QED) is 0.759. The Bertz CT molecular complexity index is 172. The van der Waals surface area contributed by atoms with Crippen LogP contribution in [0.3, 0.4) is 0 Å². The van der Waals surface area contributed by atoms with Crippen molar-refractivity contribution in [3.63, 3.8) is 0 Å². The summed E-state index contributed by atoms with van der Waals surface area (Å²) in [4.78, 5) is 2.59. The van der Waals surface area contributed by atoms with E-state index in [4.69, 9.17) is 0 Å². The Morgan fingerprint density at radius 1 is 1.33 bits per heavy atom. The van der Waals surface area contributed by atoms with E-state index < -0.39 is 0 Å². The Hall–Kier alpha value is -0.0800. The van der Waals surface area contributed by atoms with Crippen LogP contribution in [-0.2, 0) is 0 Å². The molecule has 90 valence electrons. The maximum atomic E-state index is 9.49. The Morgan fingerprint density at radius 3 is 2.73 bits per heavy atom. The molecule has 1 fully saturated rings. The van der Waals surface area contributed by atoms with Gasteiger partial charge >= 0.3 is 0 Å². The maximum absolute atomic E-state index is 9.49. The molecule has 1 aliphatic rings. The fourth-order valence-electron chi connectivity index (χ4n) is 2.43. The third-order valence-corrected chi connectivity index (χ3v) is 3.70. The molecule has 0 aliphatic carbocycles. The van der Waals surface area contributed by atoms with Gasteiger partial charge in [0.1, 0.15) is 0 Å². The summed E-state index contributed by atoms with van der Waals surface area (Å²) < 4.78 is 0. The number of hydrogen-bond donors (Lipinski definition) is 1.